The van der Waals surface area contributed by atoms with Gasteiger partial charge in [0.2, 0.25) is 0 Å². The lowest BCUT2D eigenvalue weighted by atomic mass is 10.3. The second-order valence-corrected chi connectivity index (χ2v) is 2.55. The van der Waals surface area contributed by atoms with Crippen molar-refractivity contribution in [2.45, 2.75) is 6.10 Å². The summed E-state index contributed by atoms with van der Waals surface area (Å²) in [6, 6.07) is 9.76. The first-order valence-electron chi connectivity index (χ1n) is 3.92. The molecule has 0 bridgehead atoms. The van der Waals surface area contributed by atoms with Gasteiger partial charge < -0.3 is 10.4 Å². The minimum Gasteiger partial charge on any atom is -0.387 e. The first-order chi connectivity index (χ1) is 5.83. The molecule has 0 aliphatic rings. The number of aliphatic hydroxyl groups excluding tert-OH is 1. The van der Waals surface area contributed by atoms with Gasteiger partial charge in [-0.05, 0) is 12.1 Å². The van der Waals surface area contributed by atoms with Crippen LogP contribution in [0, 0.1) is 0 Å². The Morgan fingerprint density at radius 2 is 2.08 bits per heavy atom. The van der Waals surface area contributed by atoms with E-state index in [4.69, 9.17) is 5.11 Å². The van der Waals surface area contributed by atoms with Crippen molar-refractivity contribution in [3.63, 3.8) is 0 Å². The lowest BCUT2D eigenvalue weighted by molar-refractivity contribution is 0.237. The average molecular weight is 163 g/mol. The molecular weight excluding hydrogens is 150 g/mol. The zero-order valence-corrected chi connectivity index (χ0v) is 6.90. The Labute approximate surface area is 72.5 Å². The van der Waals surface area contributed by atoms with E-state index in [0.29, 0.717) is 6.54 Å². The Kier molecular flexibility index (Phi) is 3.35. The normalized spacial score (nSPS) is 12.1. The summed E-state index contributed by atoms with van der Waals surface area (Å²) in [5.74, 6) is 0. The summed E-state index contributed by atoms with van der Waals surface area (Å²) in [4.78, 5) is 0. The van der Waals surface area contributed by atoms with Gasteiger partial charge >= 0.3 is 0 Å². The van der Waals surface area contributed by atoms with Gasteiger partial charge in [-0.3, -0.25) is 0 Å². The Bertz CT molecular complexity index is 233. The molecule has 64 valence electrons. The minimum atomic E-state index is -0.481. The number of para-hydroxylation sites is 1. The number of anilines is 1. The predicted octanol–water partition coefficient (Wildman–Crippen LogP) is 1.65. The molecule has 0 fully saturated rings. The number of aliphatic hydroxyl groups is 1. The molecule has 0 heterocycles. The summed E-state index contributed by atoms with van der Waals surface area (Å²) in [5, 5.41) is 12.2. The molecule has 0 saturated carbocycles. The molecule has 2 heteroatoms. The fraction of sp³-hybridized carbons (Fsp3) is 0.200. The molecule has 2 nitrogen and oxygen atoms in total. The highest BCUT2D eigenvalue weighted by molar-refractivity contribution is 5.42. The summed E-state index contributed by atoms with van der Waals surface area (Å²) in [6.45, 7) is 3.99. The summed E-state index contributed by atoms with van der Waals surface area (Å²) in [5.41, 5.74) is 1.01. The molecule has 1 unspecified atom stereocenters. The van der Waals surface area contributed by atoms with Crippen LogP contribution in [0.25, 0.3) is 0 Å². The third-order valence-corrected chi connectivity index (χ3v) is 1.56. The summed E-state index contributed by atoms with van der Waals surface area (Å²) in [6.07, 6.45) is 1.03. The lowest BCUT2D eigenvalue weighted by Crippen LogP contribution is -2.16. The minimum absolute atomic E-state index is 0.481. The number of nitrogens with one attached hydrogen (secondary N) is 1. The average Bonchev–Trinajstić information content (AvgIpc) is 2.16. The predicted molar refractivity (Wildman–Crippen MR) is 51.1 cm³/mol. The summed E-state index contributed by atoms with van der Waals surface area (Å²) < 4.78 is 0. The fourth-order valence-corrected chi connectivity index (χ4v) is 0.862. The molecule has 0 amide bonds. The van der Waals surface area contributed by atoms with Gasteiger partial charge in [0.25, 0.3) is 0 Å². The molecule has 1 aromatic carbocycles. The monoisotopic (exact) mass is 163 g/mol. The van der Waals surface area contributed by atoms with E-state index in [1.807, 2.05) is 30.3 Å². The van der Waals surface area contributed by atoms with Crippen LogP contribution in [-0.2, 0) is 0 Å². The van der Waals surface area contributed by atoms with E-state index < -0.39 is 6.10 Å². The van der Waals surface area contributed by atoms with Crippen LogP contribution in [0.1, 0.15) is 0 Å². The molecule has 1 rings (SSSR count). The zero-order chi connectivity index (χ0) is 8.81. The quantitative estimate of drug-likeness (QED) is 0.661. The first-order valence-corrected chi connectivity index (χ1v) is 3.92. The van der Waals surface area contributed by atoms with Crippen LogP contribution >= 0.6 is 0 Å². The Morgan fingerprint density at radius 3 is 2.67 bits per heavy atom. The van der Waals surface area contributed by atoms with Crippen molar-refractivity contribution in [1.29, 1.82) is 0 Å². The van der Waals surface area contributed by atoms with Gasteiger partial charge in [0, 0.05) is 12.2 Å². The van der Waals surface area contributed by atoms with E-state index in [1.165, 1.54) is 6.08 Å². The van der Waals surface area contributed by atoms with E-state index in [0.717, 1.165) is 5.69 Å². The van der Waals surface area contributed by atoms with Crippen molar-refractivity contribution in [2.75, 3.05) is 11.9 Å². The topological polar surface area (TPSA) is 32.3 Å². The molecule has 0 aliphatic carbocycles. The van der Waals surface area contributed by atoms with Gasteiger partial charge in [0.05, 0.1) is 6.10 Å². The highest BCUT2D eigenvalue weighted by Gasteiger charge is 1.95. The molecule has 0 radical (unpaired) electrons. The van der Waals surface area contributed by atoms with E-state index in [9.17, 15) is 0 Å². The van der Waals surface area contributed by atoms with Crippen LogP contribution in [0.15, 0.2) is 43.0 Å². The lowest BCUT2D eigenvalue weighted by Gasteiger charge is -2.07. The standard InChI is InChI=1S/C10H13NO/c1-2-10(12)8-11-9-6-4-3-5-7-9/h2-7,10-12H,1,8H2. The number of rotatable bonds is 4. The van der Waals surface area contributed by atoms with Crippen LogP contribution in [0.2, 0.25) is 0 Å². The van der Waals surface area contributed by atoms with E-state index in [-0.39, 0.29) is 0 Å². The smallest absolute Gasteiger partial charge is 0.0890 e. The highest BCUT2D eigenvalue weighted by atomic mass is 16.3. The second kappa shape index (κ2) is 4.57. The van der Waals surface area contributed by atoms with Crippen molar-refractivity contribution >= 4 is 5.69 Å². The molecule has 12 heavy (non-hydrogen) atoms. The van der Waals surface area contributed by atoms with Crippen molar-refractivity contribution < 1.29 is 5.11 Å². The van der Waals surface area contributed by atoms with Gasteiger partial charge in [0.1, 0.15) is 0 Å². The first kappa shape index (κ1) is 8.81. The van der Waals surface area contributed by atoms with Crippen molar-refractivity contribution in [3.05, 3.63) is 43.0 Å². The SMILES string of the molecule is C=CC(O)CNc1ccccc1. The van der Waals surface area contributed by atoms with Gasteiger partial charge in [-0.1, -0.05) is 24.3 Å². The van der Waals surface area contributed by atoms with Crippen LogP contribution < -0.4 is 5.32 Å². The third-order valence-electron chi connectivity index (χ3n) is 1.56. The van der Waals surface area contributed by atoms with Crippen molar-refractivity contribution in [3.8, 4) is 0 Å². The zero-order valence-electron chi connectivity index (χ0n) is 6.90. The van der Waals surface area contributed by atoms with E-state index in [2.05, 4.69) is 11.9 Å². The maximum absolute atomic E-state index is 9.14. The number of hydrogen-bond donors (Lipinski definition) is 2. The molecule has 0 spiro atoms. The molecule has 0 saturated heterocycles. The highest BCUT2D eigenvalue weighted by Crippen LogP contribution is 2.04. The number of benzene rings is 1. The van der Waals surface area contributed by atoms with Crippen molar-refractivity contribution in [1.82, 2.24) is 0 Å². The molecule has 1 aromatic rings. The van der Waals surface area contributed by atoms with Gasteiger partial charge in [-0.2, -0.15) is 0 Å². The Morgan fingerprint density at radius 1 is 1.42 bits per heavy atom. The molecule has 0 aromatic heterocycles. The van der Waals surface area contributed by atoms with Crippen LogP contribution in [0.4, 0.5) is 5.69 Å². The Balaban J connectivity index is 2.38. The van der Waals surface area contributed by atoms with Crippen LogP contribution in [0.3, 0.4) is 0 Å². The largest absolute Gasteiger partial charge is 0.387 e. The third kappa shape index (κ3) is 2.76. The number of hydrogen-bond acceptors (Lipinski definition) is 2. The molecule has 2 N–H and O–H groups in total. The van der Waals surface area contributed by atoms with Crippen LogP contribution in [-0.4, -0.2) is 17.8 Å². The van der Waals surface area contributed by atoms with Crippen LogP contribution in [0.5, 0.6) is 0 Å². The van der Waals surface area contributed by atoms with Gasteiger partial charge in [-0.25, -0.2) is 0 Å². The van der Waals surface area contributed by atoms with Crippen molar-refractivity contribution in [2.24, 2.45) is 0 Å². The fourth-order valence-electron chi connectivity index (χ4n) is 0.862. The van der Waals surface area contributed by atoms with Gasteiger partial charge in [-0.15, -0.1) is 6.58 Å². The molecule has 0 aliphatic heterocycles. The molecular formula is C10H13NO. The Hall–Kier alpha value is -1.28. The second-order valence-electron chi connectivity index (χ2n) is 2.55. The van der Waals surface area contributed by atoms with E-state index in [1.54, 1.807) is 0 Å². The maximum atomic E-state index is 9.14. The molecule has 1 atom stereocenters. The van der Waals surface area contributed by atoms with E-state index >= 15 is 0 Å². The van der Waals surface area contributed by atoms with Gasteiger partial charge in [0.15, 0.2) is 0 Å². The maximum Gasteiger partial charge on any atom is 0.0890 e. The summed E-state index contributed by atoms with van der Waals surface area (Å²) in [7, 11) is 0. The summed E-state index contributed by atoms with van der Waals surface area (Å²) >= 11 is 0.